The first-order valence-corrected chi connectivity index (χ1v) is 9.18. The van der Waals surface area contributed by atoms with Crippen molar-refractivity contribution in [3.05, 3.63) is 24.2 Å². The molecule has 1 aromatic carbocycles. The van der Waals surface area contributed by atoms with Gasteiger partial charge in [0.2, 0.25) is 0 Å². The second kappa shape index (κ2) is 8.45. The van der Waals surface area contributed by atoms with Crippen LogP contribution in [0.2, 0.25) is 0 Å². The molecule has 0 radical (unpaired) electrons. The number of aryl methyl sites for hydroxylation is 1. The second-order valence-corrected chi connectivity index (χ2v) is 6.82. The Balaban J connectivity index is 0.000000219. The van der Waals surface area contributed by atoms with E-state index in [1.807, 2.05) is 13.0 Å². The Labute approximate surface area is 149 Å². The summed E-state index contributed by atoms with van der Waals surface area (Å²) in [5.41, 5.74) is 8.20. The number of rotatable bonds is 1. The molecule has 4 rings (SSSR count). The lowest BCUT2D eigenvalue weighted by Crippen LogP contribution is -2.36. The molecule has 136 valence electrons. The molecule has 1 aliphatic heterocycles. The molecule has 2 aromatic rings. The number of phenolic OH excluding ortho intramolecular Hbond substituents is 1. The third kappa shape index (κ3) is 4.58. The first-order chi connectivity index (χ1) is 12.1. The standard InChI is InChI=1S/C13H15N3O2.C6H13N/c1-9-13-11(15-8-14-9)6-10(7-12(13)17)16-2-4-18-5-3-16;7-6-4-2-1-3-5-6/h6-8,17H,2-5H2,1H3;6H,1-5,7H2. The molecular formula is C19H28N4O2. The number of morpholine rings is 1. The third-order valence-electron chi connectivity index (χ3n) is 4.92. The van der Waals surface area contributed by atoms with E-state index in [2.05, 4.69) is 14.9 Å². The van der Waals surface area contributed by atoms with Gasteiger partial charge in [0.1, 0.15) is 12.1 Å². The maximum absolute atomic E-state index is 10.1. The van der Waals surface area contributed by atoms with Crippen LogP contribution in [0.1, 0.15) is 37.8 Å². The van der Waals surface area contributed by atoms with Crippen LogP contribution in [0.15, 0.2) is 18.5 Å². The molecule has 2 aliphatic rings. The third-order valence-corrected chi connectivity index (χ3v) is 4.92. The molecule has 1 saturated carbocycles. The zero-order chi connectivity index (χ0) is 17.6. The monoisotopic (exact) mass is 344 g/mol. The Morgan fingerprint density at radius 1 is 1.12 bits per heavy atom. The maximum Gasteiger partial charge on any atom is 0.128 e. The summed E-state index contributed by atoms with van der Waals surface area (Å²) in [6, 6.07) is 4.31. The number of ether oxygens (including phenoxy) is 1. The highest BCUT2D eigenvalue weighted by Gasteiger charge is 2.14. The average molecular weight is 344 g/mol. The minimum Gasteiger partial charge on any atom is -0.507 e. The summed E-state index contributed by atoms with van der Waals surface area (Å²) >= 11 is 0. The number of hydrogen-bond acceptors (Lipinski definition) is 6. The predicted molar refractivity (Wildman–Crippen MR) is 100 cm³/mol. The number of benzene rings is 1. The van der Waals surface area contributed by atoms with E-state index in [-0.39, 0.29) is 5.75 Å². The van der Waals surface area contributed by atoms with Crippen molar-refractivity contribution in [1.82, 2.24) is 9.97 Å². The molecule has 1 saturated heterocycles. The van der Waals surface area contributed by atoms with Crippen LogP contribution < -0.4 is 10.6 Å². The van der Waals surface area contributed by atoms with Crippen LogP contribution in [0, 0.1) is 6.92 Å². The van der Waals surface area contributed by atoms with Crippen molar-refractivity contribution >= 4 is 16.6 Å². The van der Waals surface area contributed by atoms with Crippen molar-refractivity contribution in [2.45, 2.75) is 45.1 Å². The van der Waals surface area contributed by atoms with Crippen LogP contribution in [0.3, 0.4) is 0 Å². The molecule has 1 aromatic heterocycles. The summed E-state index contributed by atoms with van der Waals surface area (Å²) in [5.74, 6) is 0.243. The molecule has 25 heavy (non-hydrogen) atoms. The van der Waals surface area contributed by atoms with Crippen molar-refractivity contribution in [2.24, 2.45) is 5.73 Å². The number of anilines is 1. The Kier molecular flexibility index (Phi) is 6.04. The fourth-order valence-corrected chi connectivity index (χ4v) is 3.45. The number of aromatic hydroxyl groups is 1. The Hall–Kier alpha value is -1.92. The minimum atomic E-state index is 0.243. The highest BCUT2D eigenvalue weighted by Crippen LogP contribution is 2.31. The van der Waals surface area contributed by atoms with E-state index in [4.69, 9.17) is 10.5 Å². The average Bonchev–Trinajstić information content (AvgIpc) is 2.63. The summed E-state index contributed by atoms with van der Waals surface area (Å²) in [7, 11) is 0. The molecule has 2 fully saturated rings. The smallest absolute Gasteiger partial charge is 0.128 e. The SMILES string of the molecule is Cc1ncnc2cc(N3CCOCC3)cc(O)c12.NC1CCCCC1. The molecule has 0 unspecified atom stereocenters. The van der Waals surface area contributed by atoms with Gasteiger partial charge in [0.25, 0.3) is 0 Å². The van der Waals surface area contributed by atoms with E-state index in [0.717, 1.165) is 48.6 Å². The summed E-state index contributed by atoms with van der Waals surface area (Å²) in [6.07, 6.45) is 8.19. The van der Waals surface area contributed by atoms with Gasteiger partial charge in [-0.2, -0.15) is 0 Å². The number of fused-ring (bicyclic) bond motifs is 1. The van der Waals surface area contributed by atoms with Gasteiger partial charge in [-0.25, -0.2) is 9.97 Å². The van der Waals surface area contributed by atoms with Gasteiger partial charge in [0.15, 0.2) is 0 Å². The van der Waals surface area contributed by atoms with E-state index >= 15 is 0 Å². The molecule has 0 atom stereocenters. The van der Waals surface area contributed by atoms with Crippen molar-refractivity contribution in [3.8, 4) is 5.75 Å². The quantitative estimate of drug-likeness (QED) is 0.827. The van der Waals surface area contributed by atoms with Gasteiger partial charge >= 0.3 is 0 Å². The van der Waals surface area contributed by atoms with Gasteiger partial charge in [-0.3, -0.25) is 0 Å². The first-order valence-electron chi connectivity index (χ1n) is 9.18. The number of nitrogens with zero attached hydrogens (tertiary/aromatic N) is 3. The summed E-state index contributed by atoms with van der Waals surface area (Å²) in [5, 5.41) is 10.9. The van der Waals surface area contributed by atoms with Gasteiger partial charge in [0, 0.05) is 30.9 Å². The van der Waals surface area contributed by atoms with E-state index in [9.17, 15) is 5.11 Å². The van der Waals surface area contributed by atoms with Crippen LogP contribution in [0.25, 0.3) is 10.9 Å². The van der Waals surface area contributed by atoms with Crippen LogP contribution in [-0.4, -0.2) is 47.4 Å². The van der Waals surface area contributed by atoms with Crippen molar-refractivity contribution in [2.75, 3.05) is 31.2 Å². The minimum absolute atomic E-state index is 0.243. The fourth-order valence-electron chi connectivity index (χ4n) is 3.45. The van der Waals surface area contributed by atoms with Gasteiger partial charge in [-0.1, -0.05) is 19.3 Å². The van der Waals surface area contributed by atoms with Crippen molar-refractivity contribution in [1.29, 1.82) is 0 Å². The van der Waals surface area contributed by atoms with Gasteiger partial charge < -0.3 is 20.5 Å². The zero-order valence-electron chi connectivity index (χ0n) is 14.9. The van der Waals surface area contributed by atoms with Gasteiger partial charge in [-0.05, 0) is 25.8 Å². The lowest BCUT2D eigenvalue weighted by Gasteiger charge is -2.29. The fraction of sp³-hybridized carbons (Fsp3) is 0.579. The van der Waals surface area contributed by atoms with Gasteiger partial charge in [0.05, 0.1) is 29.8 Å². The van der Waals surface area contributed by atoms with Crippen LogP contribution in [-0.2, 0) is 4.74 Å². The number of phenols is 1. The summed E-state index contributed by atoms with van der Waals surface area (Å²) < 4.78 is 5.33. The van der Waals surface area contributed by atoms with E-state index in [0.29, 0.717) is 6.04 Å². The number of nitrogens with two attached hydrogens (primary N) is 1. The molecule has 1 aliphatic carbocycles. The Morgan fingerprint density at radius 3 is 2.48 bits per heavy atom. The lowest BCUT2D eigenvalue weighted by molar-refractivity contribution is 0.122. The van der Waals surface area contributed by atoms with Crippen LogP contribution in [0.4, 0.5) is 5.69 Å². The Bertz CT molecular complexity index is 695. The molecule has 2 heterocycles. The number of hydrogen-bond donors (Lipinski definition) is 2. The molecule has 6 heteroatoms. The molecule has 0 bridgehead atoms. The van der Waals surface area contributed by atoms with Crippen molar-refractivity contribution < 1.29 is 9.84 Å². The van der Waals surface area contributed by atoms with E-state index in [1.54, 1.807) is 6.07 Å². The highest BCUT2D eigenvalue weighted by atomic mass is 16.5. The largest absolute Gasteiger partial charge is 0.507 e. The van der Waals surface area contributed by atoms with Crippen LogP contribution in [0.5, 0.6) is 5.75 Å². The molecule has 0 spiro atoms. The topological polar surface area (TPSA) is 84.5 Å². The first kappa shape index (κ1) is 17.9. The Morgan fingerprint density at radius 2 is 1.84 bits per heavy atom. The predicted octanol–water partition coefficient (Wildman–Crippen LogP) is 2.76. The van der Waals surface area contributed by atoms with E-state index < -0.39 is 0 Å². The van der Waals surface area contributed by atoms with E-state index in [1.165, 1.54) is 38.4 Å². The van der Waals surface area contributed by atoms with Crippen LogP contribution >= 0.6 is 0 Å². The van der Waals surface area contributed by atoms with Crippen molar-refractivity contribution in [3.63, 3.8) is 0 Å². The molecule has 0 amide bonds. The second-order valence-electron chi connectivity index (χ2n) is 6.82. The maximum atomic E-state index is 10.1. The highest BCUT2D eigenvalue weighted by molar-refractivity contribution is 5.90. The number of aromatic nitrogens is 2. The molecular weight excluding hydrogens is 316 g/mol. The lowest BCUT2D eigenvalue weighted by atomic mass is 9.97. The molecule has 3 N–H and O–H groups in total. The zero-order valence-corrected chi connectivity index (χ0v) is 14.9. The van der Waals surface area contributed by atoms with Gasteiger partial charge in [-0.15, -0.1) is 0 Å². The summed E-state index contributed by atoms with van der Waals surface area (Å²) in [6.45, 7) is 5.01. The normalized spacial score (nSPS) is 18.7. The summed E-state index contributed by atoms with van der Waals surface area (Å²) in [4.78, 5) is 10.5. The molecule has 6 nitrogen and oxygen atoms in total.